The van der Waals surface area contributed by atoms with Crippen LogP contribution in [0.2, 0.25) is 0 Å². The number of primary amides is 1. The molecule has 1 aliphatic rings. The first kappa shape index (κ1) is 21.5. The summed E-state index contributed by atoms with van der Waals surface area (Å²) in [5.41, 5.74) is 13.1. The summed E-state index contributed by atoms with van der Waals surface area (Å²) in [4.78, 5) is 20.6. The molecule has 1 saturated carbocycles. The van der Waals surface area contributed by atoms with E-state index < -0.39 is 11.7 Å². The average molecular weight is 436 g/mol. The molecule has 0 radical (unpaired) electrons. The number of benzene rings is 1. The molecule has 9 heteroatoms. The van der Waals surface area contributed by atoms with Crippen molar-refractivity contribution >= 4 is 34.7 Å². The Bertz CT molecular complexity index is 1080. The second kappa shape index (κ2) is 9.61. The third kappa shape index (κ3) is 5.12. The van der Waals surface area contributed by atoms with Gasteiger partial charge in [-0.05, 0) is 43.2 Å². The number of amides is 1. The van der Waals surface area contributed by atoms with Crippen LogP contribution in [0, 0.1) is 5.82 Å². The molecular formula is C23H26FN7O. The number of carbonyl (C=O) groups excluding carboxylic acids is 1. The molecule has 4 rings (SSSR count). The second-order valence-corrected chi connectivity index (χ2v) is 7.83. The zero-order valence-corrected chi connectivity index (χ0v) is 17.5. The number of hydrogen-bond donors (Lipinski definition) is 5. The number of pyridine rings is 2. The molecule has 32 heavy (non-hydrogen) atoms. The molecular weight excluding hydrogens is 409 g/mol. The van der Waals surface area contributed by atoms with Gasteiger partial charge in [0.2, 0.25) is 0 Å². The highest BCUT2D eigenvalue weighted by Gasteiger charge is 2.24. The lowest BCUT2D eigenvalue weighted by Crippen LogP contribution is -2.43. The van der Waals surface area contributed by atoms with E-state index in [0.29, 0.717) is 11.5 Å². The van der Waals surface area contributed by atoms with Crippen LogP contribution in [-0.2, 0) is 0 Å². The van der Waals surface area contributed by atoms with E-state index in [-0.39, 0.29) is 29.3 Å². The standard InChI is InChI=1S/C23H26FN7O/c24-17-12-16(21(26)32)22(31-23(17)30-19-9-5-4-8-18(19)25)29-15-10-11-20(27-13-15)28-14-6-2-1-3-7-14/h1-3,6-7,10-13,18-19H,4-5,8-9,25H2,(H2,26,32)(H,27,28)(H2,29,30,31)/t18-,19+/m1/s1. The molecule has 0 unspecified atom stereocenters. The third-order valence-corrected chi connectivity index (χ3v) is 5.46. The van der Waals surface area contributed by atoms with Crippen LogP contribution in [0.1, 0.15) is 36.0 Å². The molecule has 1 amide bonds. The van der Waals surface area contributed by atoms with E-state index in [4.69, 9.17) is 11.5 Å². The summed E-state index contributed by atoms with van der Waals surface area (Å²) in [6.07, 6.45) is 5.38. The number of halogens is 1. The number of nitrogens with zero attached hydrogens (tertiary/aromatic N) is 2. The Kier molecular flexibility index (Phi) is 6.46. The van der Waals surface area contributed by atoms with Crippen LogP contribution in [0.15, 0.2) is 54.7 Å². The van der Waals surface area contributed by atoms with E-state index in [1.165, 1.54) is 0 Å². The van der Waals surface area contributed by atoms with E-state index >= 15 is 0 Å². The molecule has 2 aromatic heterocycles. The molecule has 7 N–H and O–H groups in total. The van der Waals surface area contributed by atoms with Gasteiger partial charge in [-0.3, -0.25) is 4.79 Å². The highest BCUT2D eigenvalue weighted by atomic mass is 19.1. The van der Waals surface area contributed by atoms with Crippen LogP contribution in [-0.4, -0.2) is 28.0 Å². The summed E-state index contributed by atoms with van der Waals surface area (Å²) in [5, 5.41) is 9.31. The van der Waals surface area contributed by atoms with Crippen LogP contribution in [0.5, 0.6) is 0 Å². The van der Waals surface area contributed by atoms with Crippen molar-refractivity contribution in [2.75, 3.05) is 16.0 Å². The summed E-state index contributed by atoms with van der Waals surface area (Å²) in [6.45, 7) is 0. The Morgan fingerprint density at radius 2 is 1.78 bits per heavy atom. The molecule has 1 aliphatic carbocycles. The fraction of sp³-hybridized carbons (Fsp3) is 0.261. The number of aromatic nitrogens is 2. The normalized spacial score (nSPS) is 18.1. The maximum atomic E-state index is 14.6. The first-order chi connectivity index (χ1) is 15.5. The van der Waals surface area contributed by atoms with Gasteiger partial charge in [-0.15, -0.1) is 0 Å². The molecule has 0 bridgehead atoms. The largest absolute Gasteiger partial charge is 0.365 e. The van der Waals surface area contributed by atoms with Gasteiger partial charge in [0.05, 0.1) is 17.4 Å². The molecule has 0 spiro atoms. The van der Waals surface area contributed by atoms with E-state index in [9.17, 15) is 9.18 Å². The van der Waals surface area contributed by atoms with Crippen molar-refractivity contribution in [1.29, 1.82) is 0 Å². The summed E-state index contributed by atoms with van der Waals surface area (Å²) in [7, 11) is 0. The van der Waals surface area contributed by atoms with E-state index in [1.54, 1.807) is 18.3 Å². The van der Waals surface area contributed by atoms with Gasteiger partial charge >= 0.3 is 0 Å². The maximum Gasteiger partial charge on any atom is 0.252 e. The number of anilines is 5. The summed E-state index contributed by atoms with van der Waals surface area (Å²) < 4.78 is 14.6. The molecule has 2 heterocycles. The monoisotopic (exact) mass is 435 g/mol. The van der Waals surface area contributed by atoms with Crippen LogP contribution in [0.25, 0.3) is 0 Å². The fourth-order valence-electron chi connectivity index (χ4n) is 3.74. The maximum absolute atomic E-state index is 14.6. The molecule has 2 atom stereocenters. The van der Waals surface area contributed by atoms with E-state index in [0.717, 1.165) is 37.4 Å². The first-order valence-electron chi connectivity index (χ1n) is 10.6. The van der Waals surface area contributed by atoms with Gasteiger partial charge in [0.1, 0.15) is 11.6 Å². The Balaban J connectivity index is 1.54. The fourth-order valence-corrected chi connectivity index (χ4v) is 3.74. The number of carbonyl (C=O) groups is 1. The van der Waals surface area contributed by atoms with Crippen molar-refractivity contribution in [2.45, 2.75) is 37.8 Å². The minimum atomic E-state index is -0.782. The molecule has 1 fully saturated rings. The Hall–Kier alpha value is -3.72. The van der Waals surface area contributed by atoms with Gasteiger partial charge in [0, 0.05) is 17.8 Å². The molecule has 8 nitrogen and oxygen atoms in total. The summed E-state index contributed by atoms with van der Waals surface area (Å²) in [5.74, 6) is -0.595. The van der Waals surface area contributed by atoms with Crippen molar-refractivity contribution in [1.82, 2.24) is 9.97 Å². The minimum absolute atomic E-state index is 0.0372. The molecule has 1 aromatic carbocycles. The van der Waals surface area contributed by atoms with Crippen molar-refractivity contribution < 1.29 is 9.18 Å². The van der Waals surface area contributed by atoms with E-state index in [1.807, 2.05) is 30.3 Å². The Labute approximate surface area is 185 Å². The Morgan fingerprint density at radius 1 is 1.00 bits per heavy atom. The molecule has 0 saturated heterocycles. The second-order valence-electron chi connectivity index (χ2n) is 7.83. The number of para-hydroxylation sites is 1. The van der Waals surface area contributed by atoms with Crippen molar-refractivity contribution in [3.63, 3.8) is 0 Å². The molecule has 3 aromatic rings. The molecule has 0 aliphatic heterocycles. The van der Waals surface area contributed by atoms with Crippen molar-refractivity contribution in [3.05, 3.63) is 66.1 Å². The lowest BCUT2D eigenvalue weighted by Gasteiger charge is -2.30. The average Bonchev–Trinajstić information content (AvgIpc) is 2.79. The quantitative estimate of drug-likeness (QED) is 0.380. The van der Waals surface area contributed by atoms with Crippen LogP contribution in [0.3, 0.4) is 0 Å². The third-order valence-electron chi connectivity index (χ3n) is 5.46. The van der Waals surface area contributed by atoms with Gasteiger partial charge in [0.25, 0.3) is 5.91 Å². The van der Waals surface area contributed by atoms with Crippen LogP contribution < -0.4 is 27.4 Å². The van der Waals surface area contributed by atoms with Crippen LogP contribution in [0.4, 0.5) is 33.2 Å². The number of nitrogens with one attached hydrogen (secondary N) is 3. The summed E-state index contributed by atoms with van der Waals surface area (Å²) in [6, 6.07) is 14.1. The SMILES string of the molecule is NC(=O)c1cc(F)c(N[C@H]2CCCC[C@H]2N)nc1Nc1ccc(Nc2ccccc2)nc1. The van der Waals surface area contributed by atoms with Gasteiger partial charge in [-0.25, -0.2) is 14.4 Å². The van der Waals surface area contributed by atoms with E-state index in [2.05, 4.69) is 25.9 Å². The summed E-state index contributed by atoms with van der Waals surface area (Å²) >= 11 is 0. The van der Waals surface area contributed by atoms with Crippen molar-refractivity contribution in [3.8, 4) is 0 Å². The topological polar surface area (TPSA) is 131 Å². The highest BCUT2D eigenvalue weighted by Crippen LogP contribution is 2.27. The van der Waals surface area contributed by atoms with Gasteiger partial charge in [-0.1, -0.05) is 31.0 Å². The predicted molar refractivity (Wildman–Crippen MR) is 124 cm³/mol. The van der Waals surface area contributed by atoms with Gasteiger partial charge in [-0.2, -0.15) is 0 Å². The highest BCUT2D eigenvalue weighted by molar-refractivity contribution is 5.98. The number of nitrogens with two attached hydrogens (primary N) is 2. The number of hydrogen-bond acceptors (Lipinski definition) is 7. The zero-order valence-electron chi connectivity index (χ0n) is 17.5. The van der Waals surface area contributed by atoms with Crippen molar-refractivity contribution in [2.24, 2.45) is 11.5 Å². The van der Waals surface area contributed by atoms with Crippen LogP contribution >= 0.6 is 0 Å². The lowest BCUT2D eigenvalue weighted by molar-refractivity contribution is 0.100. The van der Waals surface area contributed by atoms with Gasteiger partial charge in [0.15, 0.2) is 11.6 Å². The lowest BCUT2D eigenvalue weighted by atomic mass is 9.91. The van der Waals surface area contributed by atoms with Gasteiger partial charge < -0.3 is 27.4 Å². The number of rotatable bonds is 7. The molecule has 166 valence electrons. The smallest absolute Gasteiger partial charge is 0.252 e. The zero-order chi connectivity index (χ0) is 22.5. The Morgan fingerprint density at radius 3 is 2.47 bits per heavy atom. The minimum Gasteiger partial charge on any atom is -0.365 e. The predicted octanol–water partition coefficient (Wildman–Crippen LogP) is 3.88. The first-order valence-corrected chi connectivity index (χ1v) is 10.6.